The van der Waals surface area contributed by atoms with Gasteiger partial charge in [-0.1, -0.05) is 11.6 Å². The Kier molecular flexibility index (Phi) is 5.65. The summed E-state index contributed by atoms with van der Waals surface area (Å²) in [6.45, 7) is 4.16. The van der Waals surface area contributed by atoms with E-state index in [9.17, 15) is 9.90 Å². The van der Waals surface area contributed by atoms with E-state index in [-0.39, 0.29) is 5.91 Å². The molecule has 1 unspecified atom stereocenters. The van der Waals surface area contributed by atoms with Crippen molar-refractivity contribution in [2.75, 3.05) is 13.7 Å². The van der Waals surface area contributed by atoms with E-state index < -0.39 is 6.10 Å². The van der Waals surface area contributed by atoms with Crippen LogP contribution in [0.5, 0.6) is 5.75 Å². The molecule has 0 spiro atoms. The van der Waals surface area contributed by atoms with E-state index in [0.29, 0.717) is 25.2 Å². The number of nitrogens with one attached hydrogen (secondary N) is 1. The Morgan fingerprint density at radius 1 is 1.50 bits per heavy atom. The summed E-state index contributed by atoms with van der Waals surface area (Å²) in [5, 5.41) is 12.2. The SMILES string of the molecule is CNC(=O)CCCOc1ccc(C)cc1C(C)O. The minimum Gasteiger partial charge on any atom is -0.493 e. The zero-order chi connectivity index (χ0) is 13.5. The van der Waals surface area contributed by atoms with Crippen LogP contribution in [0.3, 0.4) is 0 Å². The van der Waals surface area contributed by atoms with E-state index in [1.165, 1.54) is 0 Å². The minimum absolute atomic E-state index is 0.0123. The molecule has 4 heteroatoms. The second-order valence-electron chi connectivity index (χ2n) is 4.34. The van der Waals surface area contributed by atoms with Crippen molar-refractivity contribution < 1.29 is 14.6 Å². The Bertz CT molecular complexity index is 402. The number of aliphatic hydroxyl groups is 1. The maximum absolute atomic E-state index is 11.0. The van der Waals surface area contributed by atoms with Crippen LogP contribution < -0.4 is 10.1 Å². The van der Waals surface area contributed by atoms with Crippen molar-refractivity contribution in [1.82, 2.24) is 5.32 Å². The third kappa shape index (κ3) is 4.37. The molecule has 0 aromatic heterocycles. The fourth-order valence-electron chi connectivity index (χ4n) is 1.67. The van der Waals surface area contributed by atoms with Gasteiger partial charge in [0, 0.05) is 19.0 Å². The van der Waals surface area contributed by atoms with Gasteiger partial charge in [-0.25, -0.2) is 0 Å². The normalized spacial score (nSPS) is 12.0. The van der Waals surface area contributed by atoms with Crippen LogP contribution in [0.1, 0.15) is 37.0 Å². The Balaban J connectivity index is 2.54. The molecular formula is C14H21NO3. The summed E-state index contributed by atoms with van der Waals surface area (Å²) in [6.07, 6.45) is 0.554. The average molecular weight is 251 g/mol. The first-order chi connectivity index (χ1) is 8.54. The lowest BCUT2D eigenvalue weighted by molar-refractivity contribution is -0.120. The van der Waals surface area contributed by atoms with Crippen LogP contribution >= 0.6 is 0 Å². The molecule has 0 aliphatic rings. The molecule has 1 rings (SSSR count). The predicted molar refractivity (Wildman–Crippen MR) is 70.6 cm³/mol. The third-order valence-electron chi connectivity index (χ3n) is 2.70. The maximum atomic E-state index is 11.0. The molecule has 0 radical (unpaired) electrons. The second-order valence-corrected chi connectivity index (χ2v) is 4.34. The number of hydrogen-bond acceptors (Lipinski definition) is 3. The number of hydrogen-bond donors (Lipinski definition) is 2. The number of benzene rings is 1. The molecule has 4 nitrogen and oxygen atoms in total. The number of carbonyl (C=O) groups is 1. The van der Waals surface area contributed by atoms with Gasteiger partial charge in [-0.05, 0) is 32.4 Å². The van der Waals surface area contributed by atoms with E-state index in [1.54, 1.807) is 14.0 Å². The third-order valence-corrected chi connectivity index (χ3v) is 2.70. The number of amides is 1. The Hall–Kier alpha value is -1.55. The van der Waals surface area contributed by atoms with Gasteiger partial charge in [-0.15, -0.1) is 0 Å². The number of ether oxygens (including phenoxy) is 1. The molecular weight excluding hydrogens is 230 g/mol. The lowest BCUT2D eigenvalue weighted by atomic mass is 10.1. The summed E-state index contributed by atoms with van der Waals surface area (Å²) < 4.78 is 5.61. The number of aryl methyl sites for hydroxylation is 1. The van der Waals surface area contributed by atoms with Crippen LogP contribution in [-0.2, 0) is 4.79 Å². The number of aliphatic hydroxyl groups excluding tert-OH is 1. The van der Waals surface area contributed by atoms with Gasteiger partial charge in [-0.2, -0.15) is 0 Å². The van der Waals surface area contributed by atoms with Crippen molar-refractivity contribution in [3.63, 3.8) is 0 Å². The van der Waals surface area contributed by atoms with Crippen molar-refractivity contribution in [3.05, 3.63) is 29.3 Å². The smallest absolute Gasteiger partial charge is 0.219 e. The van der Waals surface area contributed by atoms with Crippen LogP contribution in [0, 0.1) is 6.92 Å². The molecule has 1 amide bonds. The molecule has 0 saturated heterocycles. The number of rotatable bonds is 6. The quantitative estimate of drug-likeness (QED) is 0.760. The molecule has 0 fully saturated rings. The molecule has 1 atom stereocenters. The van der Waals surface area contributed by atoms with Crippen molar-refractivity contribution >= 4 is 5.91 Å². The molecule has 100 valence electrons. The highest BCUT2D eigenvalue weighted by atomic mass is 16.5. The average Bonchev–Trinajstić information content (AvgIpc) is 2.35. The second kappa shape index (κ2) is 7.01. The molecule has 0 heterocycles. The molecule has 18 heavy (non-hydrogen) atoms. The zero-order valence-corrected chi connectivity index (χ0v) is 11.2. The predicted octanol–water partition coefficient (Wildman–Crippen LogP) is 1.95. The Morgan fingerprint density at radius 3 is 2.83 bits per heavy atom. The van der Waals surface area contributed by atoms with Crippen molar-refractivity contribution in [2.24, 2.45) is 0 Å². The van der Waals surface area contributed by atoms with Gasteiger partial charge in [0.2, 0.25) is 5.91 Å². The summed E-state index contributed by atoms with van der Waals surface area (Å²) >= 11 is 0. The highest BCUT2D eigenvalue weighted by Crippen LogP contribution is 2.26. The summed E-state index contributed by atoms with van der Waals surface area (Å²) in [6, 6.07) is 5.72. The summed E-state index contributed by atoms with van der Waals surface area (Å²) in [5.41, 5.74) is 1.87. The Labute approximate surface area is 108 Å². The first-order valence-corrected chi connectivity index (χ1v) is 6.16. The molecule has 0 aliphatic carbocycles. The van der Waals surface area contributed by atoms with Crippen LogP contribution in [0.4, 0.5) is 0 Å². The zero-order valence-electron chi connectivity index (χ0n) is 11.2. The van der Waals surface area contributed by atoms with Crippen LogP contribution in [0.15, 0.2) is 18.2 Å². The summed E-state index contributed by atoms with van der Waals surface area (Å²) in [5.74, 6) is 0.700. The summed E-state index contributed by atoms with van der Waals surface area (Å²) in [7, 11) is 1.62. The molecule has 1 aromatic rings. The highest BCUT2D eigenvalue weighted by molar-refractivity contribution is 5.75. The topological polar surface area (TPSA) is 58.6 Å². The van der Waals surface area contributed by atoms with E-state index in [1.807, 2.05) is 25.1 Å². The molecule has 1 aromatic carbocycles. The minimum atomic E-state index is -0.557. The van der Waals surface area contributed by atoms with E-state index in [0.717, 1.165) is 11.1 Å². The first-order valence-electron chi connectivity index (χ1n) is 6.16. The number of carbonyl (C=O) groups excluding carboxylic acids is 1. The largest absolute Gasteiger partial charge is 0.493 e. The van der Waals surface area contributed by atoms with E-state index >= 15 is 0 Å². The first kappa shape index (κ1) is 14.5. The lowest BCUT2D eigenvalue weighted by Crippen LogP contribution is -2.18. The fourth-order valence-corrected chi connectivity index (χ4v) is 1.67. The molecule has 2 N–H and O–H groups in total. The van der Waals surface area contributed by atoms with Crippen molar-refractivity contribution in [2.45, 2.75) is 32.8 Å². The van der Waals surface area contributed by atoms with Crippen LogP contribution in [0.2, 0.25) is 0 Å². The van der Waals surface area contributed by atoms with E-state index in [2.05, 4.69) is 5.32 Å². The maximum Gasteiger partial charge on any atom is 0.219 e. The van der Waals surface area contributed by atoms with Crippen molar-refractivity contribution in [1.29, 1.82) is 0 Å². The monoisotopic (exact) mass is 251 g/mol. The van der Waals surface area contributed by atoms with E-state index in [4.69, 9.17) is 4.74 Å². The fraction of sp³-hybridized carbons (Fsp3) is 0.500. The molecule has 0 bridgehead atoms. The van der Waals surface area contributed by atoms with Gasteiger partial charge in [0.15, 0.2) is 0 Å². The van der Waals surface area contributed by atoms with Crippen LogP contribution in [0.25, 0.3) is 0 Å². The standard InChI is InChI=1S/C14H21NO3/c1-10-6-7-13(12(9-10)11(2)16)18-8-4-5-14(17)15-3/h6-7,9,11,16H,4-5,8H2,1-3H3,(H,15,17). The van der Waals surface area contributed by atoms with Gasteiger partial charge in [0.1, 0.15) is 5.75 Å². The molecule has 0 saturated carbocycles. The lowest BCUT2D eigenvalue weighted by Gasteiger charge is -2.14. The van der Waals surface area contributed by atoms with Crippen LogP contribution in [-0.4, -0.2) is 24.7 Å². The van der Waals surface area contributed by atoms with Gasteiger partial charge in [0.25, 0.3) is 0 Å². The van der Waals surface area contributed by atoms with Gasteiger partial charge in [0.05, 0.1) is 12.7 Å². The Morgan fingerprint density at radius 2 is 2.22 bits per heavy atom. The molecule has 0 aliphatic heterocycles. The van der Waals surface area contributed by atoms with Gasteiger partial charge >= 0.3 is 0 Å². The van der Waals surface area contributed by atoms with Gasteiger partial charge in [-0.3, -0.25) is 4.79 Å². The highest BCUT2D eigenvalue weighted by Gasteiger charge is 2.09. The van der Waals surface area contributed by atoms with Crippen molar-refractivity contribution in [3.8, 4) is 5.75 Å². The van der Waals surface area contributed by atoms with Gasteiger partial charge < -0.3 is 15.2 Å². The summed E-state index contributed by atoms with van der Waals surface area (Å²) in [4.78, 5) is 11.0.